The predicted molar refractivity (Wildman–Crippen MR) is 201 cm³/mol. The Morgan fingerprint density at radius 2 is 1.57 bits per heavy atom. The Morgan fingerprint density at radius 1 is 0.922 bits per heavy atom. The molecule has 0 aliphatic carbocycles. The molecule has 1 unspecified atom stereocenters. The zero-order chi connectivity index (χ0) is 36.6. The lowest BCUT2D eigenvalue weighted by Crippen LogP contribution is -2.67. The monoisotopic (exact) mass is 711 g/mol. The largest absolute Gasteiger partial charge is 0.494 e. The molecule has 2 amide bonds. The number of aliphatic carboxylic acids is 1. The van der Waals surface area contributed by atoms with Crippen molar-refractivity contribution < 1.29 is 24.2 Å². The van der Waals surface area contributed by atoms with E-state index in [2.05, 4.69) is 43.0 Å². The minimum atomic E-state index is -1.16. The lowest BCUT2D eigenvalue weighted by molar-refractivity contribution is -0.165. The third kappa shape index (κ3) is 9.39. The lowest BCUT2D eigenvalue weighted by Gasteiger charge is -2.47. The van der Waals surface area contributed by atoms with E-state index in [1.807, 2.05) is 54.6 Å². The van der Waals surface area contributed by atoms with E-state index in [0.29, 0.717) is 10.7 Å². The summed E-state index contributed by atoms with van der Waals surface area (Å²) in [6, 6.07) is 18.3. The molecule has 5 rings (SSSR count). The Labute approximate surface area is 304 Å². The Kier molecular flexibility index (Phi) is 12.3. The molecule has 1 saturated heterocycles. The zero-order valence-electron chi connectivity index (χ0n) is 30.0. The molecule has 3 heterocycles. The first-order valence-electron chi connectivity index (χ1n) is 17.7. The maximum absolute atomic E-state index is 13.7. The summed E-state index contributed by atoms with van der Waals surface area (Å²) in [4.78, 5) is 51.1. The van der Waals surface area contributed by atoms with Crippen LogP contribution in [0.3, 0.4) is 0 Å². The Balaban J connectivity index is 1.24. The number of likely N-dealkylation sites (tertiary alicyclic amines) is 1. The first-order valence-corrected chi connectivity index (χ1v) is 18.5. The van der Waals surface area contributed by atoms with Gasteiger partial charge < -0.3 is 25.8 Å². The van der Waals surface area contributed by atoms with Crippen molar-refractivity contribution in [2.75, 3.05) is 26.2 Å². The van der Waals surface area contributed by atoms with Crippen molar-refractivity contribution >= 4 is 29.1 Å². The van der Waals surface area contributed by atoms with Gasteiger partial charge in [0.05, 0.1) is 11.5 Å². The molecule has 2 aromatic heterocycles. The maximum atomic E-state index is 13.7. The van der Waals surface area contributed by atoms with Crippen LogP contribution >= 0.6 is 11.3 Å². The minimum absolute atomic E-state index is 0.000594. The van der Waals surface area contributed by atoms with Gasteiger partial charge in [0.2, 0.25) is 5.91 Å². The molecular formula is C40H49N5O5S. The van der Waals surface area contributed by atoms with Crippen LogP contribution < -0.4 is 15.8 Å². The van der Waals surface area contributed by atoms with E-state index in [4.69, 9.17) is 10.5 Å². The molecular weight excluding hydrogens is 663 g/mol. The van der Waals surface area contributed by atoms with Crippen molar-refractivity contribution in [2.24, 2.45) is 11.1 Å². The van der Waals surface area contributed by atoms with Crippen LogP contribution in [0.5, 0.6) is 5.75 Å². The van der Waals surface area contributed by atoms with Crippen LogP contribution in [0.15, 0.2) is 73.1 Å². The molecule has 0 saturated carbocycles. The summed E-state index contributed by atoms with van der Waals surface area (Å²) in [7, 11) is 0. The summed E-state index contributed by atoms with van der Waals surface area (Å²) in [5.41, 5.74) is 8.00. The number of nitrogens with zero attached hydrogens (tertiary/aromatic N) is 3. The molecule has 1 atom stereocenters. The Bertz CT molecular complexity index is 1780. The number of thiophene rings is 1. The van der Waals surface area contributed by atoms with E-state index in [9.17, 15) is 19.5 Å². The smallest absolute Gasteiger partial charge is 0.314 e. The first-order chi connectivity index (χ1) is 24.4. The summed E-state index contributed by atoms with van der Waals surface area (Å²) < 4.78 is 5.89. The third-order valence-corrected chi connectivity index (χ3v) is 10.8. The second-order valence-corrected chi connectivity index (χ2v) is 15.5. The molecule has 270 valence electrons. The van der Waals surface area contributed by atoms with Gasteiger partial charge >= 0.3 is 5.97 Å². The van der Waals surface area contributed by atoms with Gasteiger partial charge in [-0.3, -0.25) is 14.4 Å². The standard InChI is InChI=1S/C40H49N5O5S/c1-5-6-7-8-9-20-50-31-16-14-28(15-17-31)30-22-42-35(43-23-30)29-12-10-27(11-13-29)21-32(37(47)45-25-40(24-41,26-45)38(48)49)44-36(46)33-18-19-34(51-33)39(2,3)4/h10-19,22-23,32H,5-9,20-21,24-26,41H2,1-4H3,(H,44,46)(H,48,49). The predicted octanol–water partition coefficient (Wildman–Crippen LogP) is 6.73. The minimum Gasteiger partial charge on any atom is -0.494 e. The molecule has 0 spiro atoms. The number of hydrogen-bond acceptors (Lipinski definition) is 8. The Hall–Kier alpha value is -4.61. The SMILES string of the molecule is CCCCCCCOc1ccc(-c2cnc(-c3ccc(CC(NC(=O)c4ccc(C(C)(C)C)s4)C(=O)N4CC(CN)(C(=O)O)C4)cc3)nc2)cc1. The number of benzene rings is 2. The van der Waals surface area contributed by atoms with Gasteiger partial charge in [-0.25, -0.2) is 9.97 Å². The van der Waals surface area contributed by atoms with Crippen molar-refractivity contribution in [3.63, 3.8) is 0 Å². The van der Waals surface area contributed by atoms with Gasteiger partial charge in [0.25, 0.3) is 5.91 Å². The summed E-state index contributed by atoms with van der Waals surface area (Å²) >= 11 is 1.40. The normalized spacial score (nSPS) is 14.4. The number of carboxylic acids is 1. The second-order valence-electron chi connectivity index (χ2n) is 14.4. The van der Waals surface area contributed by atoms with E-state index >= 15 is 0 Å². The molecule has 2 aromatic carbocycles. The highest BCUT2D eigenvalue weighted by atomic mass is 32.1. The van der Waals surface area contributed by atoms with Crippen LogP contribution in [0.2, 0.25) is 0 Å². The van der Waals surface area contributed by atoms with E-state index in [-0.39, 0.29) is 43.3 Å². The fourth-order valence-electron chi connectivity index (χ4n) is 6.00. The molecule has 1 aliphatic heterocycles. The number of nitrogens with two attached hydrogens (primary N) is 1. The third-order valence-electron chi connectivity index (χ3n) is 9.32. The fourth-order valence-corrected chi connectivity index (χ4v) is 6.96. The molecule has 11 heteroatoms. The highest BCUT2D eigenvalue weighted by Crippen LogP contribution is 2.32. The van der Waals surface area contributed by atoms with Gasteiger partial charge in [0.15, 0.2) is 5.82 Å². The van der Waals surface area contributed by atoms with E-state index in [0.717, 1.165) is 45.9 Å². The van der Waals surface area contributed by atoms with Gasteiger partial charge in [-0.2, -0.15) is 0 Å². The van der Waals surface area contributed by atoms with E-state index in [1.54, 1.807) is 18.5 Å². The number of nitrogens with one attached hydrogen (secondary N) is 1. The second kappa shape index (κ2) is 16.6. The molecule has 10 nitrogen and oxygen atoms in total. The number of aromatic nitrogens is 2. The van der Waals surface area contributed by atoms with Gasteiger partial charge in [-0.15, -0.1) is 11.3 Å². The quantitative estimate of drug-likeness (QED) is 0.108. The van der Waals surface area contributed by atoms with Crippen molar-refractivity contribution in [2.45, 2.75) is 77.7 Å². The topological polar surface area (TPSA) is 148 Å². The number of unbranched alkanes of at least 4 members (excludes halogenated alkanes) is 4. The molecule has 4 aromatic rings. The lowest BCUT2D eigenvalue weighted by atomic mass is 9.79. The highest BCUT2D eigenvalue weighted by molar-refractivity contribution is 7.14. The summed E-state index contributed by atoms with van der Waals surface area (Å²) in [5.74, 6) is -0.298. The molecule has 51 heavy (non-hydrogen) atoms. The van der Waals surface area contributed by atoms with Crippen LogP contribution in [0.1, 0.15) is 79.9 Å². The number of ether oxygens (including phenoxy) is 1. The van der Waals surface area contributed by atoms with Gasteiger partial charge in [-0.1, -0.05) is 89.8 Å². The first kappa shape index (κ1) is 37.6. The van der Waals surface area contributed by atoms with Crippen LogP contribution in [-0.2, 0) is 21.4 Å². The average Bonchev–Trinajstić information content (AvgIpc) is 3.62. The number of hydrogen-bond donors (Lipinski definition) is 3. The maximum Gasteiger partial charge on any atom is 0.314 e. The molecule has 4 N–H and O–H groups in total. The summed E-state index contributed by atoms with van der Waals surface area (Å²) in [6.45, 7) is 9.11. The van der Waals surface area contributed by atoms with Crippen molar-refractivity contribution in [3.8, 4) is 28.3 Å². The summed E-state index contributed by atoms with van der Waals surface area (Å²) in [6.07, 6.45) is 9.82. The van der Waals surface area contributed by atoms with Gasteiger partial charge in [0, 0.05) is 54.5 Å². The van der Waals surface area contributed by atoms with Crippen LogP contribution in [0.4, 0.5) is 0 Å². The number of rotatable bonds is 16. The van der Waals surface area contributed by atoms with Gasteiger partial charge in [0.1, 0.15) is 17.2 Å². The number of carbonyl (C=O) groups excluding carboxylic acids is 2. The fraction of sp³-hybridized carbons (Fsp3) is 0.425. The number of amides is 2. The van der Waals surface area contributed by atoms with Crippen molar-refractivity contribution in [1.29, 1.82) is 0 Å². The molecule has 1 fully saturated rings. The van der Waals surface area contributed by atoms with Crippen LogP contribution in [-0.4, -0.2) is 70.0 Å². The average molecular weight is 712 g/mol. The van der Waals surface area contributed by atoms with Crippen LogP contribution in [0.25, 0.3) is 22.5 Å². The van der Waals surface area contributed by atoms with E-state index in [1.165, 1.54) is 41.9 Å². The Morgan fingerprint density at radius 3 is 2.16 bits per heavy atom. The zero-order valence-corrected chi connectivity index (χ0v) is 30.8. The molecule has 1 aliphatic rings. The number of carboxylic acid groups (broad SMARTS) is 1. The molecule has 0 radical (unpaired) electrons. The van der Waals surface area contributed by atoms with E-state index < -0.39 is 17.4 Å². The molecule has 0 bridgehead atoms. The highest BCUT2D eigenvalue weighted by Gasteiger charge is 2.51. The summed E-state index contributed by atoms with van der Waals surface area (Å²) in [5, 5.41) is 12.6. The van der Waals surface area contributed by atoms with Crippen molar-refractivity contribution in [3.05, 3.63) is 88.4 Å². The number of carbonyl (C=O) groups is 3. The van der Waals surface area contributed by atoms with Crippen molar-refractivity contribution in [1.82, 2.24) is 20.2 Å². The van der Waals surface area contributed by atoms with Crippen LogP contribution in [0, 0.1) is 5.41 Å². The van der Waals surface area contributed by atoms with Gasteiger partial charge in [-0.05, 0) is 47.2 Å².